The summed E-state index contributed by atoms with van der Waals surface area (Å²) < 4.78 is 35.3. The molecule has 0 atom stereocenters. The molecule has 0 bridgehead atoms. The second-order valence-electron chi connectivity index (χ2n) is 7.51. The van der Waals surface area contributed by atoms with Crippen LogP contribution in [0, 0.1) is 13.8 Å². The Morgan fingerprint density at radius 3 is 2.07 bits per heavy atom. The van der Waals surface area contributed by atoms with Gasteiger partial charge in [0.25, 0.3) is 0 Å². The lowest BCUT2D eigenvalue weighted by molar-refractivity contribution is 0.476. The van der Waals surface area contributed by atoms with Gasteiger partial charge in [0.15, 0.2) is 10.9 Å². The topological polar surface area (TPSA) is 109 Å². The van der Waals surface area contributed by atoms with E-state index in [2.05, 4.69) is 4.98 Å². The summed E-state index contributed by atoms with van der Waals surface area (Å²) in [5.41, 5.74) is 1.99. The number of nitrogens with one attached hydrogen (secondary N) is 1. The van der Waals surface area contributed by atoms with Gasteiger partial charge in [-0.25, -0.2) is 3.97 Å². The van der Waals surface area contributed by atoms with Crippen molar-refractivity contribution < 1.29 is 13.0 Å². The minimum absolute atomic E-state index is 0.0504. The van der Waals surface area contributed by atoms with Gasteiger partial charge >= 0.3 is 10.3 Å². The molecule has 5 aromatic rings. The number of fused-ring (bicyclic) bond motifs is 4. The number of aromatic amines is 1. The normalized spacial score (nSPS) is 12.4. The van der Waals surface area contributed by atoms with Gasteiger partial charge in [-0.1, -0.05) is 17.7 Å². The van der Waals surface area contributed by atoms with E-state index in [1.54, 1.807) is 25.1 Å². The predicted molar refractivity (Wildman–Crippen MR) is 118 cm³/mol. The van der Waals surface area contributed by atoms with E-state index in [-0.39, 0.29) is 38.0 Å². The number of rotatable bonds is 1. The van der Waals surface area contributed by atoms with E-state index < -0.39 is 10.3 Å². The second kappa shape index (κ2) is 6.01. The molecule has 7 nitrogen and oxygen atoms in total. The molecule has 0 amide bonds. The first-order valence-electron chi connectivity index (χ1n) is 9.18. The molecule has 2 heterocycles. The number of nitrogens with zero attached hydrogens (tertiary/aromatic N) is 1. The standard InChI is InChI=1S/C22H16N2O5S/c1-11-4-6-17-14(7-11)22(26)15-10-20-16(9-18(15)23-17)21(25)13-5-3-12(2)8-19(13)24(20)30(27,28)29/h3-10H,1-2H3,(H,23,26)(H,27,28,29). The Bertz CT molecular complexity index is 1780. The Morgan fingerprint density at radius 1 is 0.733 bits per heavy atom. The molecule has 0 saturated carbocycles. The van der Waals surface area contributed by atoms with Crippen LogP contribution in [0.1, 0.15) is 11.1 Å². The fourth-order valence-corrected chi connectivity index (χ4v) is 4.80. The molecule has 2 N–H and O–H groups in total. The van der Waals surface area contributed by atoms with E-state index in [9.17, 15) is 22.6 Å². The van der Waals surface area contributed by atoms with Gasteiger partial charge in [0.2, 0.25) is 0 Å². The van der Waals surface area contributed by atoms with Crippen LogP contribution in [0.5, 0.6) is 0 Å². The number of H-pyrrole nitrogens is 1. The van der Waals surface area contributed by atoms with Gasteiger partial charge in [-0.3, -0.25) is 14.1 Å². The molecule has 0 radical (unpaired) electrons. The van der Waals surface area contributed by atoms with Gasteiger partial charge < -0.3 is 4.98 Å². The van der Waals surface area contributed by atoms with Crippen molar-refractivity contribution in [3.63, 3.8) is 0 Å². The molecule has 0 aliphatic rings. The van der Waals surface area contributed by atoms with E-state index in [1.165, 1.54) is 24.3 Å². The van der Waals surface area contributed by atoms with Crippen LogP contribution in [0.4, 0.5) is 0 Å². The van der Waals surface area contributed by atoms with Crippen LogP contribution in [0.25, 0.3) is 43.6 Å². The maximum Gasteiger partial charge on any atom is 0.364 e. The molecule has 150 valence electrons. The summed E-state index contributed by atoms with van der Waals surface area (Å²) in [6.45, 7) is 3.62. The minimum atomic E-state index is -4.75. The predicted octanol–water partition coefficient (Wildman–Crippen LogP) is 3.42. The zero-order valence-corrected chi connectivity index (χ0v) is 16.9. The molecule has 8 heteroatoms. The SMILES string of the molecule is Cc1ccc2[nH]c3cc4c(=O)c5ccc(C)cc5n(S(=O)(=O)O)c4cc3c(=O)c2c1. The number of pyridine rings is 2. The number of aryl methyl sites for hydroxylation is 2. The number of benzene rings is 3. The van der Waals surface area contributed by atoms with E-state index >= 15 is 0 Å². The summed E-state index contributed by atoms with van der Waals surface area (Å²) in [6, 6.07) is 13.0. The summed E-state index contributed by atoms with van der Waals surface area (Å²) >= 11 is 0. The summed E-state index contributed by atoms with van der Waals surface area (Å²) in [5.74, 6) is 0. The van der Waals surface area contributed by atoms with Crippen molar-refractivity contribution in [2.24, 2.45) is 0 Å². The van der Waals surface area contributed by atoms with E-state index in [4.69, 9.17) is 0 Å². The quantitative estimate of drug-likeness (QED) is 0.319. The Labute approximate surface area is 170 Å². The highest BCUT2D eigenvalue weighted by Crippen LogP contribution is 2.26. The summed E-state index contributed by atoms with van der Waals surface area (Å²) in [5, 5.41) is 0.922. The molecule has 0 fully saturated rings. The zero-order chi connectivity index (χ0) is 21.4. The smallest absolute Gasteiger partial charge is 0.354 e. The zero-order valence-electron chi connectivity index (χ0n) is 16.1. The lowest BCUT2D eigenvalue weighted by Crippen LogP contribution is -2.18. The van der Waals surface area contributed by atoms with Crippen molar-refractivity contribution in [1.29, 1.82) is 0 Å². The third kappa shape index (κ3) is 2.58. The van der Waals surface area contributed by atoms with Crippen molar-refractivity contribution in [1.82, 2.24) is 8.96 Å². The Kier molecular flexibility index (Phi) is 3.71. The molecule has 3 aromatic carbocycles. The highest BCUT2D eigenvalue weighted by atomic mass is 32.2. The summed E-state index contributed by atoms with van der Waals surface area (Å²) in [6.07, 6.45) is 0. The average Bonchev–Trinajstić information content (AvgIpc) is 2.67. The molecule has 0 saturated heterocycles. The van der Waals surface area contributed by atoms with Crippen LogP contribution in [-0.4, -0.2) is 21.9 Å². The average molecular weight is 420 g/mol. The first kappa shape index (κ1) is 18.5. The van der Waals surface area contributed by atoms with Crippen LogP contribution in [-0.2, 0) is 10.3 Å². The van der Waals surface area contributed by atoms with Gasteiger partial charge in [0, 0.05) is 27.1 Å². The van der Waals surface area contributed by atoms with E-state index in [1.807, 2.05) is 13.0 Å². The molecular weight excluding hydrogens is 404 g/mol. The molecule has 5 rings (SSSR count). The van der Waals surface area contributed by atoms with Crippen molar-refractivity contribution in [2.75, 3.05) is 0 Å². The van der Waals surface area contributed by atoms with Crippen molar-refractivity contribution >= 4 is 53.9 Å². The summed E-state index contributed by atoms with van der Waals surface area (Å²) in [4.78, 5) is 29.4. The highest BCUT2D eigenvalue weighted by Gasteiger charge is 2.20. The Balaban J connectivity index is 2.11. The fraction of sp³-hybridized carbons (Fsp3) is 0.0909. The van der Waals surface area contributed by atoms with Gasteiger partial charge in [-0.15, -0.1) is 0 Å². The lowest BCUT2D eigenvalue weighted by Gasteiger charge is -2.14. The van der Waals surface area contributed by atoms with Crippen molar-refractivity contribution in [2.45, 2.75) is 13.8 Å². The Hall–Kier alpha value is -3.49. The van der Waals surface area contributed by atoms with Crippen LogP contribution in [0.2, 0.25) is 0 Å². The molecule has 2 aromatic heterocycles. The van der Waals surface area contributed by atoms with Crippen LogP contribution in [0.3, 0.4) is 0 Å². The maximum absolute atomic E-state index is 13.1. The molecule has 30 heavy (non-hydrogen) atoms. The first-order chi connectivity index (χ1) is 14.1. The molecular formula is C22H16N2O5S. The highest BCUT2D eigenvalue weighted by molar-refractivity contribution is 7.84. The molecule has 0 aliphatic heterocycles. The maximum atomic E-state index is 13.1. The third-order valence-corrected chi connectivity index (χ3v) is 6.24. The van der Waals surface area contributed by atoms with Crippen LogP contribution in [0.15, 0.2) is 58.1 Å². The fourth-order valence-electron chi connectivity index (χ4n) is 4.00. The number of hydrogen-bond donors (Lipinski definition) is 2. The first-order valence-corrected chi connectivity index (χ1v) is 10.6. The second-order valence-corrected chi connectivity index (χ2v) is 8.77. The monoisotopic (exact) mass is 420 g/mol. The minimum Gasteiger partial charge on any atom is -0.354 e. The molecule has 0 aliphatic carbocycles. The summed E-state index contributed by atoms with van der Waals surface area (Å²) in [7, 11) is -4.75. The van der Waals surface area contributed by atoms with Crippen LogP contribution < -0.4 is 10.9 Å². The number of aromatic nitrogens is 2. The number of hydrogen-bond acceptors (Lipinski definition) is 4. The van der Waals surface area contributed by atoms with Crippen LogP contribution >= 0.6 is 0 Å². The van der Waals surface area contributed by atoms with Crippen molar-refractivity contribution in [3.05, 3.63) is 80.1 Å². The van der Waals surface area contributed by atoms with Gasteiger partial charge in [-0.05, 0) is 55.8 Å². The van der Waals surface area contributed by atoms with Gasteiger partial charge in [0.05, 0.1) is 16.6 Å². The lowest BCUT2D eigenvalue weighted by atomic mass is 10.0. The third-order valence-electron chi connectivity index (χ3n) is 5.38. The molecule has 0 spiro atoms. The van der Waals surface area contributed by atoms with Gasteiger partial charge in [0.1, 0.15) is 0 Å². The Morgan fingerprint density at radius 2 is 1.33 bits per heavy atom. The largest absolute Gasteiger partial charge is 0.364 e. The molecule has 0 unspecified atom stereocenters. The van der Waals surface area contributed by atoms with Crippen molar-refractivity contribution in [3.8, 4) is 0 Å². The van der Waals surface area contributed by atoms with Gasteiger partial charge in [-0.2, -0.15) is 8.42 Å². The van der Waals surface area contributed by atoms with E-state index in [0.29, 0.717) is 20.4 Å². The van der Waals surface area contributed by atoms with E-state index in [0.717, 1.165) is 11.1 Å².